The van der Waals surface area contributed by atoms with Crippen LogP contribution in [0.25, 0.3) is 11.5 Å². The maximum atomic E-state index is 5.72. The molecule has 2 aromatic rings. The minimum absolute atomic E-state index is 0.258. The standard InChI is InChI=1S/C12H13N3O2/c13-10-3-1-2-8(6-10)12-14-11(15-17-12)9-4-5-16-7-9/h1-3,6,9H,4-5,7,13H2. The number of nitrogens with two attached hydrogens (primary N) is 1. The molecule has 2 N–H and O–H groups in total. The lowest BCUT2D eigenvalue weighted by atomic mass is 10.1. The third-order valence-corrected chi connectivity index (χ3v) is 2.87. The number of aromatic nitrogens is 2. The zero-order chi connectivity index (χ0) is 11.7. The van der Waals surface area contributed by atoms with Gasteiger partial charge in [-0.3, -0.25) is 0 Å². The summed E-state index contributed by atoms with van der Waals surface area (Å²) in [5, 5.41) is 4.00. The van der Waals surface area contributed by atoms with Crippen LogP contribution in [0.4, 0.5) is 5.69 Å². The van der Waals surface area contributed by atoms with Crippen LogP contribution in [0, 0.1) is 0 Å². The number of ether oxygens (including phenoxy) is 1. The Labute approximate surface area is 98.6 Å². The molecule has 3 rings (SSSR count). The number of hydrogen-bond donors (Lipinski definition) is 1. The molecule has 0 bridgehead atoms. The fraction of sp³-hybridized carbons (Fsp3) is 0.333. The van der Waals surface area contributed by atoms with Crippen molar-refractivity contribution in [3.63, 3.8) is 0 Å². The van der Waals surface area contributed by atoms with Gasteiger partial charge in [0.1, 0.15) is 0 Å². The lowest BCUT2D eigenvalue weighted by Crippen LogP contribution is -1.99. The number of nitrogens with zero attached hydrogens (tertiary/aromatic N) is 2. The van der Waals surface area contributed by atoms with E-state index in [2.05, 4.69) is 10.1 Å². The Balaban J connectivity index is 1.89. The van der Waals surface area contributed by atoms with Crippen LogP contribution >= 0.6 is 0 Å². The predicted molar refractivity (Wildman–Crippen MR) is 62.3 cm³/mol. The van der Waals surface area contributed by atoms with Gasteiger partial charge in [-0.25, -0.2) is 0 Å². The highest BCUT2D eigenvalue weighted by Gasteiger charge is 2.23. The molecule has 1 aliphatic rings. The molecule has 0 aliphatic carbocycles. The van der Waals surface area contributed by atoms with Gasteiger partial charge in [-0.15, -0.1) is 0 Å². The topological polar surface area (TPSA) is 74.2 Å². The van der Waals surface area contributed by atoms with Crippen LogP contribution in [0.3, 0.4) is 0 Å². The Hall–Kier alpha value is -1.88. The first-order valence-electron chi connectivity index (χ1n) is 5.60. The second kappa shape index (κ2) is 4.18. The normalized spacial score (nSPS) is 19.6. The summed E-state index contributed by atoms with van der Waals surface area (Å²) in [6.45, 7) is 1.45. The van der Waals surface area contributed by atoms with E-state index in [1.54, 1.807) is 0 Å². The second-order valence-electron chi connectivity index (χ2n) is 4.14. The summed E-state index contributed by atoms with van der Waals surface area (Å²) >= 11 is 0. The van der Waals surface area contributed by atoms with Gasteiger partial charge in [-0.1, -0.05) is 11.2 Å². The van der Waals surface area contributed by atoms with Crippen molar-refractivity contribution in [1.82, 2.24) is 10.1 Å². The number of hydrogen-bond acceptors (Lipinski definition) is 5. The summed E-state index contributed by atoms with van der Waals surface area (Å²) < 4.78 is 10.5. The SMILES string of the molecule is Nc1cccc(-c2nc(C3CCOC3)no2)c1. The third-order valence-electron chi connectivity index (χ3n) is 2.87. The van der Waals surface area contributed by atoms with Crippen molar-refractivity contribution in [3.05, 3.63) is 30.1 Å². The summed E-state index contributed by atoms with van der Waals surface area (Å²) in [5.74, 6) is 1.49. The average Bonchev–Trinajstić information content (AvgIpc) is 3.00. The molecule has 1 atom stereocenters. The molecule has 0 saturated carbocycles. The van der Waals surface area contributed by atoms with E-state index in [0.717, 1.165) is 24.4 Å². The zero-order valence-electron chi connectivity index (χ0n) is 9.30. The minimum atomic E-state index is 0.258. The monoisotopic (exact) mass is 231 g/mol. The zero-order valence-corrected chi connectivity index (χ0v) is 9.30. The Morgan fingerprint density at radius 2 is 2.29 bits per heavy atom. The first kappa shape index (κ1) is 10.3. The molecule has 0 amide bonds. The molecule has 1 aliphatic heterocycles. The quantitative estimate of drug-likeness (QED) is 0.798. The van der Waals surface area contributed by atoms with Gasteiger partial charge in [-0.05, 0) is 24.6 Å². The van der Waals surface area contributed by atoms with Crippen molar-refractivity contribution in [3.8, 4) is 11.5 Å². The summed E-state index contributed by atoms with van der Waals surface area (Å²) in [6.07, 6.45) is 0.954. The van der Waals surface area contributed by atoms with Gasteiger partial charge < -0.3 is 15.0 Å². The molecular formula is C12H13N3O2. The highest BCUT2D eigenvalue weighted by molar-refractivity contribution is 5.59. The van der Waals surface area contributed by atoms with Crippen LogP contribution in [0.1, 0.15) is 18.2 Å². The molecule has 5 nitrogen and oxygen atoms in total. The molecule has 5 heteroatoms. The highest BCUT2D eigenvalue weighted by Crippen LogP contribution is 2.26. The van der Waals surface area contributed by atoms with Crippen LogP contribution in [0.5, 0.6) is 0 Å². The molecule has 1 aromatic carbocycles. The molecular weight excluding hydrogens is 218 g/mol. The third kappa shape index (κ3) is 2.01. The smallest absolute Gasteiger partial charge is 0.258 e. The van der Waals surface area contributed by atoms with E-state index < -0.39 is 0 Å². The molecule has 2 heterocycles. The lowest BCUT2D eigenvalue weighted by Gasteiger charge is -1.98. The predicted octanol–water partition coefficient (Wildman–Crippen LogP) is 1.82. The van der Waals surface area contributed by atoms with Crippen LogP contribution in [-0.2, 0) is 4.74 Å². The van der Waals surface area contributed by atoms with Gasteiger partial charge >= 0.3 is 0 Å². The van der Waals surface area contributed by atoms with E-state index >= 15 is 0 Å². The van der Waals surface area contributed by atoms with Crippen LogP contribution < -0.4 is 5.73 Å². The first-order chi connectivity index (χ1) is 8.33. The Kier molecular flexibility index (Phi) is 2.53. The van der Waals surface area contributed by atoms with Gasteiger partial charge in [0.2, 0.25) is 0 Å². The van der Waals surface area contributed by atoms with E-state index in [-0.39, 0.29) is 5.92 Å². The van der Waals surface area contributed by atoms with Crippen LogP contribution in [0.15, 0.2) is 28.8 Å². The summed E-state index contributed by atoms with van der Waals surface area (Å²) in [7, 11) is 0. The van der Waals surface area contributed by atoms with Crippen molar-refractivity contribution in [1.29, 1.82) is 0 Å². The molecule has 1 unspecified atom stereocenters. The fourth-order valence-corrected chi connectivity index (χ4v) is 1.93. The van der Waals surface area contributed by atoms with Crippen LogP contribution in [-0.4, -0.2) is 23.4 Å². The maximum absolute atomic E-state index is 5.72. The van der Waals surface area contributed by atoms with Crippen molar-refractivity contribution in [2.24, 2.45) is 0 Å². The molecule has 88 valence electrons. The van der Waals surface area contributed by atoms with Gasteiger partial charge in [0.25, 0.3) is 5.89 Å². The van der Waals surface area contributed by atoms with E-state index in [1.165, 1.54) is 0 Å². The van der Waals surface area contributed by atoms with Gasteiger partial charge in [0, 0.05) is 23.8 Å². The van der Waals surface area contributed by atoms with Gasteiger partial charge in [0.05, 0.1) is 6.61 Å². The molecule has 1 aromatic heterocycles. The molecule has 17 heavy (non-hydrogen) atoms. The summed E-state index contributed by atoms with van der Waals surface area (Å²) in [4.78, 5) is 4.39. The van der Waals surface area contributed by atoms with Crippen LogP contribution in [0.2, 0.25) is 0 Å². The van der Waals surface area contributed by atoms with E-state index in [0.29, 0.717) is 18.2 Å². The lowest BCUT2D eigenvalue weighted by molar-refractivity contribution is 0.192. The van der Waals surface area contributed by atoms with Crippen molar-refractivity contribution < 1.29 is 9.26 Å². The van der Waals surface area contributed by atoms with E-state index in [1.807, 2.05) is 24.3 Å². The Morgan fingerprint density at radius 1 is 1.35 bits per heavy atom. The molecule has 0 radical (unpaired) electrons. The van der Waals surface area contributed by atoms with Crippen molar-refractivity contribution >= 4 is 5.69 Å². The van der Waals surface area contributed by atoms with E-state index in [9.17, 15) is 0 Å². The fourth-order valence-electron chi connectivity index (χ4n) is 1.93. The molecule has 1 fully saturated rings. The number of nitrogen functional groups attached to an aromatic ring is 1. The summed E-state index contributed by atoms with van der Waals surface area (Å²) in [5.41, 5.74) is 7.25. The Morgan fingerprint density at radius 3 is 3.06 bits per heavy atom. The van der Waals surface area contributed by atoms with Gasteiger partial charge in [0.15, 0.2) is 5.82 Å². The van der Waals surface area contributed by atoms with Crippen molar-refractivity contribution in [2.75, 3.05) is 18.9 Å². The molecule has 0 spiro atoms. The largest absolute Gasteiger partial charge is 0.399 e. The highest BCUT2D eigenvalue weighted by atomic mass is 16.5. The number of benzene rings is 1. The number of rotatable bonds is 2. The van der Waals surface area contributed by atoms with Crippen molar-refractivity contribution in [2.45, 2.75) is 12.3 Å². The molecule has 1 saturated heterocycles. The Bertz CT molecular complexity index is 518. The number of anilines is 1. The average molecular weight is 231 g/mol. The van der Waals surface area contributed by atoms with Gasteiger partial charge in [-0.2, -0.15) is 4.98 Å². The summed E-state index contributed by atoms with van der Waals surface area (Å²) in [6, 6.07) is 7.42. The minimum Gasteiger partial charge on any atom is -0.399 e. The van der Waals surface area contributed by atoms with E-state index in [4.69, 9.17) is 15.0 Å². The second-order valence-corrected chi connectivity index (χ2v) is 4.14. The maximum Gasteiger partial charge on any atom is 0.258 e. The first-order valence-corrected chi connectivity index (χ1v) is 5.60.